The van der Waals surface area contributed by atoms with Gasteiger partial charge in [-0.1, -0.05) is 93.5 Å². The van der Waals surface area contributed by atoms with Gasteiger partial charge in [0.2, 0.25) is 0 Å². The zero-order valence-electron chi connectivity index (χ0n) is 14.7. The molecule has 0 N–H and O–H groups in total. The molecule has 0 aliphatic heterocycles. The topological polar surface area (TPSA) is 26.3 Å². The number of unbranched alkanes of at least 4 members (excludes halogenated alkanes) is 12. The van der Waals surface area contributed by atoms with E-state index in [9.17, 15) is 4.79 Å². The summed E-state index contributed by atoms with van der Waals surface area (Å²) in [4.78, 5) is 11.6. The normalized spacial score (nSPS) is 10.8. The van der Waals surface area contributed by atoms with E-state index in [4.69, 9.17) is 4.74 Å². The van der Waals surface area contributed by atoms with Crippen LogP contribution in [0.3, 0.4) is 0 Å². The molecule has 0 rings (SSSR count). The van der Waals surface area contributed by atoms with E-state index in [-0.39, 0.29) is 5.97 Å². The van der Waals surface area contributed by atoms with Gasteiger partial charge in [0.15, 0.2) is 0 Å². The summed E-state index contributed by atoms with van der Waals surface area (Å²) in [7, 11) is 0. The maximum absolute atomic E-state index is 11.6. The molecule has 0 spiro atoms. The standard InChI is InChI=1S/C19H37BrO2/c1-2-3-4-5-6-7-8-10-13-16-19(21)22-18-15-12-9-11-14-17-20/h2-18H2,1H3. The van der Waals surface area contributed by atoms with Crippen molar-refractivity contribution in [2.75, 3.05) is 11.9 Å². The molecule has 2 nitrogen and oxygen atoms in total. The molecule has 0 aromatic heterocycles. The molecule has 132 valence electrons. The van der Waals surface area contributed by atoms with E-state index >= 15 is 0 Å². The lowest BCUT2D eigenvalue weighted by atomic mass is 10.1. The Kier molecular flexibility index (Phi) is 19.0. The second-order valence-electron chi connectivity index (χ2n) is 6.26. The molecule has 0 bridgehead atoms. The average Bonchev–Trinajstić information content (AvgIpc) is 2.52. The second-order valence-corrected chi connectivity index (χ2v) is 7.05. The van der Waals surface area contributed by atoms with Crippen LogP contribution >= 0.6 is 15.9 Å². The van der Waals surface area contributed by atoms with E-state index in [1.54, 1.807) is 0 Å². The molecule has 0 amide bonds. The van der Waals surface area contributed by atoms with E-state index < -0.39 is 0 Å². The van der Waals surface area contributed by atoms with Gasteiger partial charge in [0.25, 0.3) is 0 Å². The minimum atomic E-state index is 0.00315. The van der Waals surface area contributed by atoms with E-state index in [0.29, 0.717) is 13.0 Å². The molecule has 0 aliphatic rings. The number of carbonyl (C=O) groups is 1. The Morgan fingerprint density at radius 2 is 1.23 bits per heavy atom. The van der Waals surface area contributed by atoms with Crippen LogP contribution in [0.4, 0.5) is 0 Å². The SMILES string of the molecule is CCCCCCCCCCCC(=O)OCCCCCCCBr. The Bertz CT molecular complexity index is 231. The van der Waals surface area contributed by atoms with Crippen LogP contribution in [-0.2, 0) is 9.53 Å². The van der Waals surface area contributed by atoms with Gasteiger partial charge in [-0.3, -0.25) is 4.79 Å². The number of rotatable bonds is 17. The minimum absolute atomic E-state index is 0.00315. The van der Waals surface area contributed by atoms with E-state index in [1.165, 1.54) is 77.0 Å². The Morgan fingerprint density at radius 3 is 1.82 bits per heavy atom. The third kappa shape index (κ3) is 18.0. The smallest absolute Gasteiger partial charge is 0.305 e. The summed E-state index contributed by atoms with van der Waals surface area (Å²) in [6.07, 6.45) is 18.2. The van der Waals surface area contributed by atoms with Gasteiger partial charge in [-0.15, -0.1) is 0 Å². The highest BCUT2D eigenvalue weighted by Crippen LogP contribution is 2.11. The lowest BCUT2D eigenvalue weighted by molar-refractivity contribution is -0.143. The van der Waals surface area contributed by atoms with Gasteiger partial charge in [0.1, 0.15) is 0 Å². The highest BCUT2D eigenvalue weighted by Gasteiger charge is 2.02. The van der Waals surface area contributed by atoms with Crippen LogP contribution in [-0.4, -0.2) is 17.9 Å². The average molecular weight is 377 g/mol. The predicted octanol–water partition coefficient (Wildman–Crippen LogP) is 6.80. The first-order chi connectivity index (χ1) is 10.8. The first-order valence-corrected chi connectivity index (χ1v) is 10.6. The van der Waals surface area contributed by atoms with Crippen molar-refractivity contribution in [3.05, 3.63) is 0 Å². The van der Waals surface area contributed by atoms with Crippen LogP contribution in [0, 0.1) is 0 Å². The molecule has 0 saturated heterocycles. The zero-order chi connectivity index (χ0) is 16.3. The summed E-state index contributed by atoms with van der Waals surface area (Å²) in [5.41, 5.74) is 0. The zero-order valence-corrected chi connectivity index (χ0v) is 16.3. The van der Waals surface area contributed by atoms with Gasteiger partial charge in [-0.2, -0.15) is 0 Å². The monoisotopic (exact) mass is 376 g/mol. The van der Waals surface area contributed by atoms with Crippen LogP contribution in [0.5, 0.6) is 0 Å². The second kappa shape index (κ2) is 19.0. The fourth-order valence-electron chi connectivity index (χ4n) is 2.57. The largest absolute Gasteiger partial charge is 0.466 e. The first-order valence-electron chi connectivity index (χ1n) is 9.52. The first kappa shape index (κ1) is 21.9. The van der Waals surface area contributed by atoms with E-state index in [0.717, 1.165) is 18.2 Å². The van der Waals surface area contributed by atoms with E-state index in [2.05, 4.69) is 22.9 Å². The minimum Gasteiger partial charge on any atom is -0.466 e. The molecule has 3 heteroatoms. The van der Waals surface area contributed by atoms with Crippen LogP contribution in [0.1, 0.15) is 103 Å². The molecule has 0 heterocycles. The highest BCUT2D eigenvalue weighted by molar-refractivity contribution is 9.09. The summed E-state index contributed by atoms with van der Waals surface area (Å²) in [5, 5.41) is 1.10. The number of halogens is 1. The van der Waals surface area contributed by atoms with Gasteiger partial charge in [0.05, 0.1) is 6.61 Å². The Balaban J connectivity index is 3.13. The Morgan fingerprint density at radius 1 is 0.727 bits per heavy atom. The maximum Gasteiger partial charge on any atom is 0.305 e. The molecular formula is C19H37BrO2. The number of carbonyl (C=O) groups excluding carboxylic acids is 1. The Hall–Kier alpha value is -0.0500. The number of hydrogen-bond acceptors (Lipinski definition) is 2. The van der Waals surface area contributed by atoms with Gasteiger partial charge in [-0.05, 0) is 19.3 Å². The summed E-state index contributed by atoms with van der Waals surface area (Å²) in [5.74, 6) is 0.00315. The summed E-state index contributed by atoms with van der Waals surface area (Å²) < 4.78 is 5.27. The van der Waals surface area contributed by atoms with Crippen LogP contribution < -0.4 is 0 Å². The lowest BCUT2D eigenvalue weighted by Gasteiger charge is -2.05. The maximum atomic E-state index is 11.6. The molecule has 0 radical (unpaired) electrons. The van der Waals surface area contributed by atoms with Crippen molar-refractivity contribution in [1.29, 1.82) is 0 Å². The Labute approximate surface area is 146 Å². The summed E-state index contributed by atoms with van der Waals surface area (Å²) in [6, 6.07) is 0. The summed E-state index contributed by atoms with van der Waals surface area (Å²) in [6.45, 7) is 2.87. The molecule has 0 unspecified atom stereocenters. The van der Waals surface area contributed by atoms with Gasteiger partial charge >= 0.3 is 5.97 Å². The van der Waals surface area contributed by atoms with E-state index in [1.807, 2.05) is 0 Å². The van der Waals surface area contributed by atoms with Gasteiger partial charge in [-0.25, -0.2) is 0 Å². The predicted molar refractivity (Wildman–Crippen MR) is 99.7 cm³/mol. The number of alkyl halides is 1. The van der Waals surface area contributed by atoms with Crippen molar-refractivity contribution in [2.45, 2.75) is 103 Å². The lowest BCUT2D eigenvalue weighted by Crippen LogP contribution is -2.05. The van der Waals surface area contributed by atoms with Crippen LogP contribution in [0.25, 0.3) is 0 Å². The number of hydrogen-bond donors (Lipinski definition) is 0. The third-order valence-corrected chi connectivity index (χ3v) is 4.59. The van der Waals surface area contributed by atoms with Gasteiger partial charge < -0.3 is 4.74 Å². The highest BCUT2D eigenvalue weighted by atomic mass is 79.9. The van der Waals surface area contributed by atoms with Crippen molar-refractivity contribution in [2.24, 2.45) is 0 Å². The molecule has 22 heavy (non-hydrogen) atoms. The number of esters is 1. The number of ether oxygens (including phenoxy) is 1. The molecule has 0 saturated carbocycles. The van der Waals surface area contributed by atoms with Crippen LogP contribution in [0.15, 0.2) is 0 Å². The van der Waals surface area contributed by atoms with Gasteiger partial charge in [0, 0.05) is 11.8 Å². The molecule has 0 aliphatic carbocycles. The quantitative estimate of drug-likeness (QED) is 0.158. The molecule has 0 aromatic rings. The van der Waals surface area contributed by atoms with Crippen molar-refractivity contribution in [3.63, 3.8) is 0 Å². The third-order valence-electron chi connectivity index (χ3n) is 4.03. The molecule has 0 atom stereocenters. The van der Waals surface area contributed by atoms with Crippen molar-refractivity contribution in [3.8, 4) is 0 Å². The fraction of sp³-hybridized carbons (Fsp3) is 0.947. The molecule has 0 aromatic carbocycles. The summed E-state index contributed by atoms with van der Waals surface area (Å²) >= 11 is 3.44. The molecule has 0 fully saturated rings. The van der Waals surface area contributed by atoms with Crippen molar-refractivity contribution < 1.29 is 9.53 Å². The van der Waals surface area contributed by atoms with Crippen molar-refractivity contribution >= 4 is 21.9 Å². The molecular weight excluding hydrogens is 340 g/mol. The van der Waals surface area contributed by atoms with Crippen molar-refractivity contribution in [1.82, 2.24) is 0 Å². The fourth-order valence-corrected chi connectivity index (χ4v) is 2.96. The van der Waals surface area contributed by atoms with Crippen LogP contribution in [0.2, 0.25) is 0 Å².